The molecule has 0 aromatic carbocycles. The van der Waals surface area contributed by atoms with Gasteiger partial charge in [-0.1, -0.05) is 98.3 Å². The zero-order valence-electron chi connectivity index (χ0n) is 16.3. The van der Waals surface area contributed by atoms with Crippen LogP contribution in [0.5, 0.6) is 0 Å². The smallest absolute Gasteiger partial charge is 0.000438 e. The van der Waals surface area contributed by atoms with Crippen molar-refractivity contribution in [2.75, 3.05) is 19.6 Å². The molecule has 0 N–H and O–H groups in total. The Balaban J connectivity index is 3.58. The van der Waals surface area contributed by atoms with Gasteiger partial charge in [-0.25, -0.2) is 0 Å². The highest BCUT2D eigenvalue weighted by Crippen LogP contribution is 2.11. The van der Waals surface area contributed by atoms with Gasteiger partial charge in [-0.15, -0.1) is 0 Å². The maximum Gasteiger partial charge on any atom is 0.000438 e. The van der Waals surface area contributed by atoms with Crippen LogP contribution < -0.4 is 0 Å². The van der Waals surface area contributed by atoms with Gasteiger partial charge >= 0.3 is 0 Å². The summed E-state index contributed by atoms with van der Waals surface area (Å²) in [5.41, 5.74) is 0. The van der Waals surface area contributed by atoms with E-state index in [0.717, 1.165) is 5.92 Å². The summed E-state index contributed by atoms with van der Waals surface area (Å²) in [4.78, 5) is 2.73. The molecule has 134 valence electrons. The first kappa shape index (κ1) is 22.0. The Morgan fingerprint density at radius 1 is 0.545 bits per heavy atom. The average molecular weight is 312 g/mol. The highest BCUT2D eigenvalue weighted by Gasteiger charge is 2.06. The Hall–Kier alpha value is -0.0400. The second-order valence-corrected chi connectivity index (χ2v) is 7.58. The second kappa shape index (κ2) is 17.3. The minimum atomic E-state index is 0.810. The van der Waals surface area contributed by atoms with Gasteiger partial charge in [-0.2, -0.15) is 0 Å². The van der Waals surface area contributed by atoms with Crippen molar-refractivity contribution in [1.29, 1.82) is 0 Å². The van der Waals surface area contributed by atoms with Gasteiger partial charge < -0.3 is 4.90 Å². The Bertz CT molecular complexity index is 200. The molecule has 0 saturated carbocycles. The zero-order chi connectivity index (χ0) is 16.5. The molecular weight excluding hydrogens is 266 g/mol. The monoisotopic (exact) mass is 311 g/mol. The molecule has 0 atom stereocenters. The number of rotatable bonds is 17. The predicted molar refractivity (Wildman–Crippen MR) is 103 cm³/mol. The Morgan fingerprint density at radius 2 is 0.909 bits per heavy atom. The molecule has 22 heavy (non-hydrogen) atoms. The van der Waals surface area contributed by atoms with Crippen LogP contribution in [0.3, 0.4) is 0 Å². The molecule has 1 heteroatoms. The summed E-state index contributed by atoms with van der Waals surface area (Å²) in [5, 5.41) is 0. The number of hydrogen-bond acceptors (Lipinski definition) is 1. The minimum absolute atomic E-state index is 0.810. The molecule has 0 aromatic rings. The highest BCUT2D eigenvalue weighted by atomic mass is 15.1. The molecule has 0 bridgehead atoms. The molecule has 0 radical (unpaired) electrons. The Kier molecular flexibility index (Phi) is 17.3. The van der Waals surface area contributed by atoms with Crippen LogP contribution in [-0.2, 0) is 0 Å². The third-order valence-corrected chi connectivity index (χ3v) is 4.53. The fraction of sp³-hybridized carbons (Fsp3) is 1.00. The van der Waals surface area contributed by atoms with Crippen molar-refractivity contribution in [3.8, 4) is 0 Å². The Labute approximate surface area is 142 Å². The van der Waals surface area contributed by atoms with Gasteiger partial charge in [0.25, 0.3) is 0 Å². The lowest BCUT2D eigenvalue weighted by atomic mass is 10.1. The predicted octanol–water partition coefficient (Wildman–Crippen LogP) is 7.06. The zero-order valence-corrected chi connectivity index (χ0v) is 16.3. The molecular formula is C21H45N. The summed E-state index contributed by atoms with van der Waals surface area (Å²) in [6, 6.07) is 0. The van der Waals surface area contributed by atoms with E-state index >= 15 is 0 Å². The van der Waals surface area contributed by atoms with E-state index in [1.807, 2.05) is 0 Å². The van der Waals surface area contributed by atoms with Crippen molar-refractivity contribution < 1.29 is 0 Å². The molecule has 0 saturated heterocycles. The van der Waals surface area contributed by atoms with E-state index < -0.39 is 0 Å². The number of unbranched alkanes of at least 4 members (excludes halogenated alkanes) is 11. The third kappa shape index (κ3) is 16.3. The van der Waals surface area contributed by atoms with Crippen LogP contribution in [0.15, 0.2) is 0 Å². The molecule has 0 amide bonds. The number of nitrogens with zero attached hydrogens (tertiary/aromatic N) is 1. The maximum absolute atomic E-state index is 2.73. The molecule has 0 spiro atoms. The fourth-order valence-corrected chi connectivity index (χ4v) is 3.22. The molecule has 0 aliphatic rings. The highest BCUT2D eigenvalue weighted by molar-refractivity contribution is 4.61. The van der Waals surface area contributed by atoms with Crippen LogP contribution in [0.4, 0.5) is 0 Å². The lowest BCUT2D eigenvalue weighted by Gasteiger charge is -2.24. The molecule has 0 aliphatic carbocycles. The molecule has 0 fully saturated rings. The molecule has 0 heterocycles. The van der Waals surface area contributed by atoms with E-state index in [2.05, 4.69) is 32.6 Å². The van der Waals surface area contributed by atoms with Crippen molar-refractivity contribution >= 4 is 0 Å². The maximum atomic E-state index is 2.73. The van der Waals surface area contributed by atoms with Gasteiger partial charge in [0.15, 0.2) is 0 Å². The number of hydrogen-bond donors (Lipinski definition) is 0. The largest absolute Gasteiger partial charge is 0.303 e. The summed E-state index contributed by atoms with van der Waals surface area (Å²) < 4.78 is 0. The van der Waals surface area contributed by atoms with E-state index in [4.69, 9.17) is 0 Å². The van der Waals surface area contributed by atoms with Crippen molar-refractivity contribution in [2.24, 2.45) is 5.92 Å². The summed E-state index contributed by atoms with van der Waals surface area (Å²) in [6.07, 6.45) is 18.5. The third-order valence-electron chi connectivity index (χ3n) is 4.53. The molecule has 0 rings (SSSR count). The van der Waals surface area contributed by atoms with Crippen LogP contribution in [0.25, 0.3) is 0 Å². The molecule has 0 unspecified atom stereocenters. The van der Waals surface area contributed by atoms with Gasteiger partial charge in [0, 0.05) is 6.54 Å². The topological polar surface area (TPSA) is 3.24 Å². The lowest BCUT2D eigenvalue weighted by Crippen LogP contribution is -2.30. The van der Waals surface area contributed by atoms with Crippen molar-refractivity contribution in [2.45, 2.75) is 111 Å². The quantitative estimate of drug-likeness (QED) is 0.260. The first-order valence-corrected chi connectivity index (χ1v) is 10.4. The van der Waals surface area contributed by atoms with Crippen molar-refractivity contribution in [3.05, 3.63) is 0 Å². The minimum Gasteiger partial charge on any atom is -0.303 e. The standard InChI is InChI=1S/C21H45N/c1-5-7-9-11-12-13-15-17-19-22(20-21(3)4)18-16-14-10-8-6-2/h21H,5-20H2,1-4H3. The van der Waals surface area contributed by atoms with Crippen LogP contribution in [-0.4, -0.2) is 24.5 Å². The van der Waals surface area contributed by atoms with E-state index in [9.17, 15) is 0 Å². The summed E-state index contributed by atoms with van der Waals surface area (Å²) >= 11 is 0. The van der Waals surface area contributed by atoms with E-state index in [1.54, 1.807) is 0 Å². The average Bonchev–Trinajstić information content (AvgIpc) is 2.48. The molecule has 0 aromatic heterocycles. The van der Waals surface area contributed by atoms with Gasteiger partial charge in [0.05, 0.1) is 0 Å². The van der Waals surface area contributed by atoms with Gasteiger partial charge in [-0.05, 0) is 31.8 Å². The SMILES string of the molecule is CCCCCCCCCCN(CCCCCCC)CC(C)C. The van der Waals surface area contributed by atoms with E-state index in [1.165, 1.54) is 103 Å². The van der Waals surface area contributed by atoms with Crippen LogP contribution in [0, 0.1) is 5.92 Å². The van der Waals surface area contributed by atoms with Gasteiger partial charge in [0.1, 0.15) is 0 Å². The Morgan fingerprint density at radius 3 is 1.27 bits per heavy atom. The van der Waals surface area contributed by atoms with E-state index in [0.29, 0.717) is 0 Å². The fourth-order valence-electron chi connectivity index (χ4n) is 3.22. The second-order valence-electron chi connectivity index (χ2n) is 7.58. The van der Waals surface area contributed by atoms with Gasteiger partial charge in [0.2, 0.25) is 0 Å². The van der Waals surface area contributed by atoms with Crippen LogP contribution >= 0.6 is 0 Å². The summed E-state index contributed by atoms with van der Waals surface area (Å²) in [6.45, 7) is 13.3. The first-order valence-electron chi connectivity index (χ1n) is 10.4. The van der Waals surface area contributed by atoms with E-state index in [-0.39, 0.29) is 0 Å². The van der Waals surface area contributed by atoms with Crippen molar-refractivity contribution in [3.63, 3.8) is 0 Å². The molecule has 0 aliphatic heterocycles. The van der Waals surface area contributed by atoms with Crippen LogP contribution in [0.2, 0.25) is 0 Å². The summed E-state index contributed by atoms with van der Waals surface area (Å²) in [7, 11) is 0. The van der Waals surface area contributed by atoms with Crippen LogP contribution in [0.1, 0.15) is 111 Å². The van der Waals surface area contributed by atoms with Crippen molar-refractivity contribution in [1.82, 2.24) is 4.90 Å². The molecule has 1 nitrogen and oxygen atoms in total. The van der Waals surface area contributed by atoms with Gasteiger partial charge in [-0.3, -0.25) is 0 Å². The lowest BCUT2D eigenvalue weighted by molar-refractivity contribution is 0.233. The normalized spacial score (nSPS) is 11.7. The summed E-state index contributed by atoms with van der Waals surface area (Å²) in [5.74, 6) is 0.810. The first-order chi connectivity index (χ1) is 10.7.